The number of fused-ring (bicyclic) bond motifs is 6. The Labute approximate surface area is 210 Å². The van der Waals surface area contributed by atoms with Crippen molar-refractivity contribution in [3.63, 3.8) is 0 Å². The molecule has 4 aromatic carbocycles. The van der Waals surface area contributed by atoms with Gasteiger partial charge in [-0.3, -0.25) is 0 Å². The van der Waals surface area contributed by atoms with Gasteiger partial charge in [-0.1, -0.05) is 54.6 Å². The van der Waals surface area contributed by atoms with Crippen LogP contribution in [-0.2, 0) is 10.3 Å². The smallest absolute Gasteiger partial charge is 0.342 e. The minimum Gasteiger partial charge on any atom is -0.456 e. The second kappa shape index (κ2) is 7.89. The molecule has 0 saturated carbocycles. The molecule has 7 rings (SSSR count). The van der Waals surface area contributed by atoms with Crippen molar-refractivity contribution >= 4 is 23.0 Å². The Bertz CT molecular complexity index is 1470. The molecule has 5 heteroatoms. The molecule has 3 aliphatic heterocycles. The monoisotopic (exact) mass is 474 g/mol. The Balaban J connectivity index is 1.38. The second-order valence-electron chi connectivity index (χ2n) is 9.71. The van der Waals surface area contributed by atoms with Crippen LogP contribution in [0.5, 0.6) is 11.5 Å². The highest BCUT2D eigenvalue weighted by Crippen LogP contribution is 2.56. The zero-order chi connectivity index (χ0) is 24.3. The average molecular weight is 475 g/mol. The van der Waals surface area contributed by atoms with E-state index < -0.39 is 5.60 Å². The molecule has 178 valence electrons. The van der Waals surface area contributed by atoms with Crippen LogP contribution in [0.25, 0.3) is 0 Å². The van der Waals surface area contributed by atoms with Crippen LogP contribution in [0.2, 0.25) is 0 Å². The minimum absolute atomic E-state index is 0.340. The molecule has 1 spiro atoms. The van der Waals surface area contributed by atoms with Crippen LogP contribution < -0.4 is 15.0 Å². The lowest BCUT2D eigenvalue weighted by atomic mass is 9.77. The molecule has 0 bridgehead atoms. The van der Waals surface area contributed by atoms with Crippen molar-refractivity contribution < 1.29 is 14.3 Å². The quantitative estimate of drug-likeness (QED) is 0.327. The Kier molecular flexibility index (Phi) is 4.61. The maximum Gasteiger partial charge on any atom is 0.342 e. The van der Waals surface area contributed by atoms with Gasteiger partial charge in [-0.15, -0.1) is 0 Å². The lowest BCUT2D eigenvalue weighted by Crippen LogP contribution is -2.32. The fourth-order valence-corrected chi connectivity index (χ4v) is 5.83. The largest absolute Gasteiger partial charge is 0.456 e. The zero-order valence-corrected chi connectivity index (χ0v) is 20.1. The first-order valence-electron chi connectivity index (χ1n) is 12.5. The summed E-state index contributed by atoms with van der Waals surface area (Å²) in [5, 5.41) is 3.58. The third-order valence-electron chi connectivity index (χ3n) is 7.61. The number of para-hydroxylation sites is 2. The van der Waals surface area contributed by atoms with Crippen LogP contribution in [0, 0.1) is 6.92 Å². The molecule has 0 radical (unpaired) electrons. The first-order valence-corrected chi connectivity index (χ1v) is 12.5. The summed E-state index contributed by atoms with van der Waals surface area (Å²) in [6, 6.07) is 28.1. The van der Waals surface area contributed by atoms with Gasteiger partial charge in [-0.25, -0.2) is 4.79 Å². The van der Waals surface area contributed by atoms with E-state index in [1.807, 2.05) is 66.7 Å². The average Bonchev–Trinajstić information content (AvgIpc) is 3.54. The maximum atomic E-state index is 13.6. The van der Waals surface area contributed by atoms with Gasteiger partial charge in [0.25, 0.3) is 0 Å². The van der Waals surface area contributed by atoms with Crippen LogP contribution in [0.1, 0.15) is 45.5 Å². The number of nitrogens with one attached hydrogen (secondary N) is 1. The number of esters is 1. The van der Waals surface area contributed by atoms with Gasteiger partial charge in [0.15, 0.2) is 5.60 Å². The van der Waals surface area contributed by atoms with E-state index >= 15 is 0 Å². The number of hydrogen-bond acceptors (Lipinski definition) is 5. The van der Waals surface area contributed by atoms with Crippen molar-refractivity contribution in [3.05, 3.63) is 113 Å². The summed E-state index contributed by atoms with van der Waals surface area (Å²) in [4.78, 5) is 16.0. The standard InChI is InChI=1S/C31H26N2O3/c1-20-15-16-21(33-17-6-7-18-33)19-26(20)32-25-12-8-11-24-29(25)30(34)36-31(24)22-9-2-4-13-27(22)35-28-14-5-3-10-23(28)31/h2-5,8-16,19,32H,6-7,17-18H2,1H3. The van der Waals surface area contributed by atoms with Gasteiger partial charge in [0, 0.05) is 41.2 Å². The highest BCUT2D eigenvalue weighted by atomic mass is 16.6. The van der Waals surface area contributed by atoms with E-state index in [0.717, 1.165) is 46.7 Å². The molecule has 1 saturated heterocycles. The third kappa shape index (κ3) is 2.99. The van der Waals surface area contributed by atoms with E-state index in [2.05, 4.69) is 35.3 Å². The van der Waals surface area contributed by atoms with Crippen LogP contribution in [0.15, 0.2) is 84.9 Å². The van der Waals surface area contributed by atoms with Crippen molar-refractivity contribution in [2.75, 3.05) is 23.3 Å². The molecule has 0 amide bonds. The highest BCUT2D eigenvalue weighted by molar-refractivity contribution is 6.03. The van der Waals surface area contributed by atoms with Gasteiger partial charge in [0.2, 0.25) is 0 Å². The number of carbonyl (C=O) groups is 1. The van der Waals surface area contributed by atoms with Crippen molar-refractivity contribution in [1.82, 2.24) is 0 Å². The van der Waals surface area contributed by atoms with Crippen LogP contribution in [0.3, 0.4) is 0 Å². The molecule has 1 N–H and O–H groups in total. The highest BCUT2D eigenvalue weighted by Gasteiger charge is 2.54. The predicted molar refractivity (Wildman–Crippen MR) is 141 cm³/mol. The second-order valence-corrected chi connectivity index (χ2v) is 9.71. The SMILES string of the molecule is Cc1ccc(N2CCCC2)cc1Nc1cccc2c1C(=O)OC21c2ccccc2Oc2ccccc21. The first kappa shape index (κ1) is 21.1. The van der Waals surface area contributed by atoms with Gasteiger partial charge >= 0.3 is 5.97 Å². The fourth-order valence-electron chi connectivity index (χ4n) is 5.83. The van der Waals surface area contributed by atoms with E-state index in [4.69, 9.17) is 9.47 Å². The Morgan fingerprint density at radius 1 is 0.778 bits per heavy atom. The lowest BCUT2D eigenvalue weighted by molar-refractivity contribution is 0.0225. The molecule has 5 nitrogen and oxygen atoms in total. The number of benzene rings is 4. The molecule has 1 fully saturated rings. The molecular formula is C31H26N2O3. The van der Waals surface area contributed by atoms with Crippen LogP contribution in [0.4, 0.5) is 17.1 Å². The predicted octanol–water partition coefficient (Wildman–Crippen LogP) is 6.91. The van der Waals surface area contributed by atoms with Gasteiger partial charge < -0.3 is 19.7 Å². The van der Waals surface area contributed by atoms with Crippen molar-refractivity contribution in [3.8, 4) is 11.5 Å². The molecule has 0 atom stereocenters. The molecule has 3 aliphatic rings. The molecule has 0 unspecified atom stereocenters. The van der Waals surface area contributed by atoms with Gasteiger partial charge in [-0.2, -0.15) is 0 Å². The normalized spacial score (nSPS) is 16.7. The number of rotatable bonds is 3. The number of aryl methyl sites for hydroxylation is 1. The number of anilines is 3. The molecule has 4 aromatic rings. The van der Waals surface area contributed by atoms with Crippen molar-refractivity contribution in [1.29, 1.82) is 0 Å². The number of ether oxygens (including phenoxy) is 2. The zero-order valence-electron chi connectivity index (χ0n) is 20.1. The minimum atomic E-state index is -1.05. The summed E-state index contributed by atoms with van der Waals surface area (Å²) in [7, 11) is 0. The van der Waals surface area contributed by atoms with Gasteiger partial charge in [0.1, 0.15) is 11.5 Å². The van der Waals surface area contributed by atoms with E-state index in [1.54, 1.807) is 0 Å². The summed E-state index contributed by atoms with van der Waals surface area (Å²) in [6.07, 6.45) is 2.45. The van der Waals surface area contributed by atoms with E-state index in [9.17, 15) is 4.79 Å². The summed E-state index contributed by atoms with van der Waals surface area (Å²) in [5.41, 5.74) is 6.08. The maximum absolute atomic E-state index is 13.6. The van der Waals surface area contributed by atoms with Gasteiger partial charge in [-0.05, 0) is 55.7 Å². The molecule has 36 heavy (non-hydrogen) atoms. The summed E-state index contributed by atoms with van der Waals surface area (Å²) in [6.45, 7) is 4.25. The summed E-state index contributed by atoms with van der Waals surface area (Å²) in [5.74, 6) is 1.06. The van der Waals surface area contributed by atoms with Gasteiger partial charge in [0.05, 0.1) is 11.3 Å². The third-order valence-corrected chi connectivity index (χ3v) is 7.61. The number of carbonyl (C=O) groups excluding carboxylic acids is 1. The van der Waals surface area contributed by atoms with Crippen molar-refractivity contribution in [2.45, 2.75) is 25.4 Å². The summed E-state index contributed by atoms with van der Waals surface area (Å²) >= 11 is 0. The first-order chi connectivity index (χ1) is 17.6. The fraction of sp³-hybridized carbons (Fsp3) is 0.194. The number of hydrogen-bond donors (Lipinski definition) is 1. The molecule has 0 aromatic heterocycles. The van der Waals surface area contributed by atoms with Crippen molar-refractivity contribution in [2.24, 2.45) is 0 Å². The van der Waals surface area contributed by atoms with E-state index in [0.29, 0.717) is 17.1 Å². The topological polar surface area (TPSA) is 50.8 Å². The van der Waals surface area contributed by atoms with E-state index in [1.165, 1.54) is 18.5 Å². The molecule has 0 aliphatic carbocycles. The molecular weight excluding hydrogens is 448 g/mol. The Hall–Kier alpha value is -4.25. The molecule has 3 heterocycles. The van der Waals surface area contributed by atoms with Crippen LogP contribution in [-0.4, -0.2) is 19.1 Å². The Morgan fingerprint density at radius 3 is 2.17 bits per heavy atom. The number of nitrogens with zero attached hydrogens (tertiary/aromatic N) is 1. The lowest BCUT2D eigenvalue weighted by Gasteiger charge is -2.36. The van der Waals surface area contributed by atoms with Crippen LogP contribution >= 0.6 is 0 Å². The Morgan fingerprint density at radius 2 is 1.44 bits per heavy atom. The summed E-state index contributed by atoms with van der Waals surface area (Å²) < 4.78 is 12.6. The van der Waals surface area contributed by atoms with E-state index in [-0.39, 0.29) is 5.97 Å².